The van der Waals surface area contributed by atoms with Crippen LogP contribution < -0.4 is 20.2 Å². The number of benzene rings is 2. The number of anilines is 1. The third kappa shape index (κ3) is 5.71. The highest BCUT2D eigenvalue weighted by molar-refractivity contribution is 6.39. The van der Waals surface area contributed by atoms with Crippen LogP contribution in [0.15, 0.2) is 47.6 Å². The number of hydrazone groups is 1. The minimum absolute atomic E-state index is 0.166. The Bertz CT molecular complexity index is 943. The van der Waals surface area contributed by atoms with Crippen LogP contribution in [-0.4, -0.2) is 31.7 Å². The highest BCUT2D eigenvalue weighted by atomic mass is 19.4. The molecule has 2 aromatic rings. The molecule has 0 aliphatic heterocycles. The second kappa shape index (κ2) is 9.09. The number of nitrogens with one attached hydrogen (secondary N) is 2. The monoisotopic (exact) mass is 409 g/mol. The Morgan fingerprint density at radius 1 is 0.966 bits per heavy atom. The van der Waals surface area contributed by atoms with E-state index in [1.54, 1.807) is 25.1 Å². The lowest BCUT2D eigenvalue weighted by Gasteiger charge is -2.10. The van der Waals surface area contributed by atoms with Crippen molar-refractivity contribution in [2.45, 2.75) is 13.1 Å². The van der Waals surface area contributed by atoms with E-state index in [2.05, 4.69) is 15.8 Å². The summed E-state index contributed by atoms with van der Waals surface area (Å²) in [6.45, 7) is 1.59. The Morgan fingerprint density at radius 3 is 2.28 bits per heavy atom. The molecule has 2 N–H and O–H groups in total. The van der Waals surface area contributed by atoms with Crippen LogP contribution in [0, 0.1) is 0 Å². The molecule has 0 saturated carbocycles. The summed E-state index contributed by atoms with van der Waals surface area (Å²) < 4.78 is 48.4. The van der Waals surface area contributed by atoms with Crippen LogP contribution in [0.2, 0.25) is 0 Å². The third-order valence-corrected chi connectivity index (χ3v) is 3.78. The van der Waals surface area contributed by atoms with Gasteiger partial charge >= 0.3 is 18.0 Å². The summed E-state index contributed by atoms with van der Waals surface area (Å²) in [5.41, 5.74) is 1.91. The van der Waals surface area contributed by atoms with Gasteiger partial charge in [-0.15, -0.1) is 0 Å². The first-order valence-corrected chi connectivity index (χ1v) is 8.21. The molecule has 0 aromatic heterocycles. The van der Waals surface area contributed by atoms with Crippen molar-refractivity contribution in [3.63, 3.8) is 0 Å². The summed E-state index contributed by atoms with van der Waals surface area (Å²) in [6, 6.07) is 8.89. The number of rotatable bonds is 5. The molecule has 0 bridgehead atoms. The lowest BCUT2D eigenvalue weighted by Crippen LogP contribution is -2.33. The van der Waals surface area contributed by atoms with Gasteiger partial charge in [-0.25, -0.2) is 5.43 Å². The predicted octanol–water partition coefficient (Wildman–Crippen LogP) is 3.20. The van der Waals surface area contributed by atoms with Crippen molar-refractivity contribution in [1.29, 1.82) is 0 Å². The Morgan fingerprint density at radius 2 is 1.66 bits per heavy atom. The van der Waals surface area contributed by atoms with E-state index in [0.717, 1.165) is 18.2 Å². The standard InChI is InChI=1S/C19H18F3N3O4/c1-11(12-7-8-15(28-2)16(9-12)29-3)24-25-18(27)17(26)23-14-6-4-5-13(10-14)19(20,21)22/h4-10H,1-3H3,(H,23,26)(H,25,27)/b24-11+. The first-order valence-electron chi connectivity index (χ1n) is 8.21. The van der Waals surface area contributed by atoms with Crippen LogP contribution in [0.4, 0.5) is 18.9 Å². The first kappa shape index (κ1) is 21.7. The molecule has 10 heteroatoms. The van der Waals surface area contributed by atoms with Crippen LogP contribution >= 0.6 is 0 Å². The minimum atomic E-state index is -4.57. The molecule has 29 heavy (non-hydrogen) atoms. The number of amides is 2. The number of carbonyl (C=O) groups excluding carboxylic acids is 2. The molecule has 0 heterocycles. The number of carbonyl (C=O) groups is 2. The zero-order chi connectivity index (χ0) is 21.6. The topological polar surface area (TPSA) is 89.0 Å². The van der Waals surface area contributed by atoms with E-state index in [1.807, 2.05) is 0 Å². The Labute approximate surface area is 164 Å². The molecule has 0 fully saturated rings. The molecular formula is C19H18F3N3O4. The van der Waals surface area contributed by atoms with Crippen LogP contribution in [-0.2, 0) is 15.8 Å². The third-order valence-electron chi connectivity index (χ3n) is 3.78. The average Bonchev–Trinajstić information content (AvgIpc) is 2.70. The van der Waals surface area contributed by atoms with Crippen molar-refractivity contribution in [3.8, 4) is 11.5 Å². The molecular weight excluding hydrogens is 391 g/mol. The Balaban J connectivity index is 2.05. The zero-order valence-electron chi connectivity index (χ0n) is 15.8. The van der Waals surface area contributed by atoms with E-state index in [-0.39, 0.29) is 5.69 Å². The normalized spacial score (nSPS) is 11.6. The number of halogens is 3. The SMILES string of the molecule is COc1ccc(/C(C)=N/NC(=O)C(=O)Nc2cccc(C(F)(F)F)c2)cc1OC. The van der Waals surface area contributed by atoms with E-state index in [1.165, 1.54) is 20.3 Å². The molecule has 2 aromatic carbocycles. The largest absolute Gasteiger partial charge is 0.493 e. The van der Waals surface area contributed by atoms with Crippen LogP contribution in [0.25, 0.3) is 0 Å². The summed E-state index contributed by atoms with van der Waals surface area (Å²) in [7, 11) is 2.95. The average molecular weight is 409 g/mol. The van der Waals surface area contributed by atoms with E-state index < -0.39 is 23.6 Å². The maximum atomic E-state index is 12.7. The fraction of sp³-hybridized carbons (Fsp3) is 0.211. The lowest BCUT2D eigenvalue weighted by atomic mass is 10.1. The van der Waals surface area contributed by atoms with Gasteiger partial charge in [-0.3, -0.25) is 9.59 Å². The Hall–Kier alpha value is -3.56. The van der Waals surface area contributed by atoms with Gasteiger partial charge in [0.2, 0.25) is 0 Å². The van der Waals surface area contributed by atoms with Gasteiger partial charge in [0.1, 0.15) is 0 Å². The predicted molar refractivity (Wildman–Crippen MR) is 100.0 cm³/mol. The molecule has 0 aliphatic carbocycles. The van der Waals surface area contributed by atoms with Crippen molar-refractivity contribution in [2.24, 2.45) is 5.10 Å². The van der Waals surface area contributed by atoms with Gasteiger partial charge in [0.05, 0.1) is 25.5 Å². The van der Waals surface area contributed by atoms with Crippen molar-refractivity contribution in [2.75, 3.05) is 19.5 Å². The summed E-state index contributed by atoms with van der Waals surface area (Å²) in [5, 5.41) is 5.92. The highest BCUT2D eigenvalue weighted by Crippen LogP contribution is 2.30. The van der Waals surface area contributed by atoms with Gasteiger partial charge < -0.3 is 14.8 Å². The smallest absolute Gasteiger partial charge is 0.416 e. The second-order valence-electron chi connectivity index (χ2n) is 5.74. The summed E-state index contributed by atoms with van der Waals surface area (Å²) >= 11 is 0. The van der Waals surface area contributed by atoms with Crippen LogP contribution in [0.3, 0.4) is 0 Å². The molecule has 0 radical (unpaired) electrons. The highest BCUT2D eigenvalue weighted by Gasteiger charge is 2.30. The molecule has 0 spiro atoms. The lowest BCUT2D eigenvalue weighted by molar-refractivity contribution is -0.137. The fourth-order valence-electron chi connectivity index (χ4n) is 2.27. The van der Waals surface area contributed by atoms with Gasteiger partial charge in [-0.2, -0.15) is 18.3 Å². The van der Waals surface area contributed by atoms with Crippen molar-refractivity contribution in [1.82, 2.24) is 5.43 Å². The molecule has 2 rings (SSSR count). The van der Waals surface area contributed by atoms with E-state index >= 15 is 0 Å². The maximum Gasteiger partial charge on any atom is 0.416 e. The number of alkyl halides is 3. The summed E-state index contributed by atoms with van der Waals surface area (Å²) in [4.78, 5) is 23.8. The molecule has 0 unspecified atom stereocenters. The van der Waals surface area contributed by atoms with Crippen molar-refractivity contribution in [3.05, 3.63) is 53.6 Å². The number of hydrogen-bond acceptors (Lipinski definition) is 5. The van der Waals surface area contributed by atoms with Crippen LogP contribution in [0.5, 0.6) is 11.5 Å². The molecule has 0 aliphatic rings. The van der Waals surface area contributed by atoms with E-state index in [0.29, 0.717) is 22.8 Å². The van der Waals surface area contributed by atoms with E-state index in [9.17, 15) is 22.8 Å². The van der Waals surface area contributed by atoms with Gasteiger partial charge in [0.15, 0.2) is 11.5 Å². The van der Waals surface area contributed by atoms with Gasteiger partial charge in [-0.1, -0.05) is 6.07 Å². The molecule has 154 valence electrons. The second-order valence-corrected chi connectivity index (χ2v) is 5.74. The maximum absolute atomic E-state index is 12.7. The summed E-state index contributed by atoms with van der Waals surface area (Å²) in [6.07, 6.45) is -4.57. The van der Waals surface area contributed by atoms with Gasteiger partial charge in [0, 0.05) is 11.3 Å². The van der Waals surface area contributed by atoms with Gasteiger partial charge in [-0.05, 0) is 43.3 Å². The van der Waals surface area contributed by atoms with E-state index in [4.69, 9.17) is 9.47 Å². The van der Waals surface area contributed by atoms with Gasteiger partial charge in [0.25, 0.3) is 0 Å². The molecule has 0 saturated heterocycles. The fourth-order valence-corrected chi connectivity index (χ4v) is 2.27. The number of hydrogen-bond donors (Lipinski definition) is 2. The zero-order valence-corrected chi connectivity index (χ0v) is 15.8. The number of nitrogens with zero attached hydrogens (tertiary/aromatic N) is 1. The van der Waals surface area contributed by atoms with Crippen LogP contribution in [0.1, 0.15) is 18.1 Å². The van der Waals surface area contributed by atoms with Crippen molar-refractivity contribution >= 4 is 23.2 Å². The van der Waals surface area contributed by atoms with Crippen molar-refractivity contribution < 1.29 is 32.2 Å². The molecule has 2 amide bonds. The molecule has 0 atom stereocenters. The summed E-state index contributed by atoms with van der Waals surface area (Å²) in [5.74, 6) is -1.34. The number of ether oxygens (including phenoxy) is 2. The number of methoxy groups -OCH3 is 2. The first-order chi connectivity index (χ1) is 13.7. The Kier molecular flexibility index (Phi) is 6.81. The molecule has 7 nitrogen and oxygen atoms in total. The minimum Gasteiger partial charge on any atom is -0.493 e. The quantitative estimate of drug-likeness (QED) is 0.451.